The van der Waals surface area contributed by atoms with Crippen LogP contribution in [0.4, 0.5) is 4.39 Å². The third-order valence-corrected chi connectivity index (χ3v) is 2.05. The molecule has 0 saturated heterocycles. The van der Waals surface area contributed by atoms with Gasteiger partial charge in [0.2, 0.25) is 11.8 Å². The van der Waals surface area contributed by atoms with Crippen molar-refractivity contribution in [2.45, 2.75) is 6.61 Å². The molecule has 0 aliphatic carbocycles. The molecule has 0 aliphatic rings. The summed E-state index contributed by atoms with van der Waals surface area (Å²) in [5.41, 5.74) is 5.13. The zero-order valence-electron chi connectivity index (χ0n) is 9.21. The van der Waals surface area contributed by atoms with Crippen molar-refractivity contribution in [1.29, 1.82) is 0 Å². The number of halogens is 1. The summed E-state index contributed by atoms with van der Waals surface area (Å²) in [6.07, 6.45) is 3.08. The second-order valence-corrected chi connectivity index (χ2v) is 3.30. The molecule has 0 unspecified atom stereocenters. The highest BCUT2D eigenvalue weighted by atomic mass is 19.1. The monoisotopic (exact) mass is 248 g/mol. The molecule has 2 N–H and O–H groups in total. The molecule has 1 amide bonds. The molecule has 0 spiro atoms. The number of primary amides is 1. The zero-order chi connectivity index (χ0) is 13.0. The van der Waals surface area contributed by atoms with Crippen molar-refractivity contribution in [2.24, 2.45) is 5.73 Å². The Kier molecular flexibility index (Phi) is 3.42. The number of nitrogens with zero attached hydrogens (tertiary/aromatic N) is 3. The van der Waals surface area contributed by atoms with Gasteiger partial charge in [0, 0.05) is 12.4 Å². The van der Waals surface area contributed by atoms with Crippen LogP contribution >= 0.6 is 0 Å². The van der Waals surface area contributed by atoms with Crippen LogP contribution in [0.2, 0.25) is 0 Å². The maximum absolute atomic E-state index is 13.0. The zero-order valence-corrected chi connectivity index (χ0v) is 9.21. The van der Waals surface area contributed by atoms with Gasteiger partial charge in [0.25, 0.3) is 5.91 Å². The van der Waals surface area contributed by atoms with Crippen molar-refractivity contribution < 1.29 is 13.9 Å². The molecule has 0 saturated carbocycles. The minimum atomic E-state index is -0.760. The summed E-state index contributed by atoms with van der Waals surface area (Å²) in [4.78, 5) is 22.4. The molecule has 0 aromatic carbocycles. The number of pyridine rings is 1. The highest BCUT2D eigenvalue weighted by molar-refractivity contribution is 5.94. The number of rotatable bonds is 4. The molecule has 92 valence electrons. The van der Waals surface area contributed by atoms with Gasteiger partial charge in [-0.15, -0.1) is 0 Å². The molecule has 0 radical (unpaired) electrons. The number of carbonyl (C=O) groups excluding carboxylic acids is 1. The topological polar surface area (TPSA) is 91.0 Å². The second kappa shape index (κ2) is 5.17. The number of hydrogen-bond donors (Lipinski definition) is 1. The summed E-state index contributed by atoms with van der Waals surface area (Å²) in [5, 5.41) is 0. The second-order valence-electron chi connectivity index (χ2n) is 3.30. The van der Waals surface area contributed by atoms with E-state index >= 15 is 0 Å². The molecule has 0 fully saturated rings. The lowest BCUT2D eigenvalue weighted by Crippen LogP contribution is -2.14. The van der Waals surface area contributed by atoms with Crippen LogP contribution < -0.4 is 10.5 Å². The summed E-state index contributed by atoms with van der Waals surface area (Å²) in [7, 11) is 0. The molecule has 0 atom stereocenters. The average molecular weight is 248 g/mol. The van der Waals surface area contributed by atoms with Crippen LogP contribution in [0.15, 0.2) is 30.6 Å². The first kappa shape index (κ1) is 11.9. The van der Waals surface area contributed by atoms with E-state index in [0.717, 1.165) is 6.07 Å². The highest BCUT2D eigenvalue weighted by Crippen LogP contribution is 2.16. The van der Waals surface area contributed by atoms with E-state index in [-0.39, 0.29) is 18.1 Å². The molecule has 0 bridgehead atoms. The van der Waals surface area contributed by atoms with E-state index in [1.165, 1.54) is 6.07 Å². The Balaban J connectivity index is 2.18. The molecule has 2 heterocycles. The van der Waals surface area contributed by atoms with Crippen molar-refractivity contribution in [3.8, 4) is 5.88 Å². The summed E-state index contributed by atoms with van der Waals surface area (Å²) in [6.45, 7) is -0.0302. The van der Waals surface area contributed by atoms with Gasteiger partial charge in [0.1, 0.15) is 12.2 Å². The van der Waals surface area contributed by atoms with E-state index in [1.807, 2.05) is 0 Å². The van der Waals surface area contributed by atoms with Crippen LogP contribution in [-0.2, 0) is 6.61 Å². The minimum Gasteiger partial charge on any atom is -0.469 e. The molecule has 7 heteroatoms. The largest absolute Gasteiger partial charge is 0.469 e. The Hall–Kier alpha value is -2.57. The van der Waals surface area contributed by atoms with Crippen LogP contribution in [0.5, 0.6) is 5.88 Å². The molecular formula is C11H9FN4O2. The summed E-state index contributed by atoms with van der Waals surface area (Å²) < 4.78 is 18.2. The van der Waals surface area contributed by atoms with Crippen LogP contribution in [0.25, 0.3) is 0 Å². The van der Waals surface area contributed by atoms with Crippen molar-refractivity contribution in [3.63, 3.8) is 0 Å². The first-order chi connectivity index (χ1) is 8.66. The summed E-state index contributed by atoms with van der Waals surface area (Å²) >= 11 is 0. The Morgan fingerprint density at radius 1 is 1.33 bits per heavy atom. The fraction of sp³-hybridized carbons (Fsp3) is 0.0909. The normalized spacial score (nSPS) is 10.1. The third kappa shape index (κ3) is 2.76. The molecule has 2 rings (SSSR count). The minimum absolute atomic E-state index is 0.00679. The molecule has 18 heavy (non-hydrogen) atoms. The van der Waals surface area contributed by atoms with Crippen LogP contribution in [-0.4, -0.2) is 20.9 Å². The number of nitrogens with two attached hydrogens (primary N) is 1. The van der Waals surface area contributed by atoms with Gasteiger partial charge < -0.3 is 10.5 Å². The predicted molar refractivity (Wildman–Crippen MR) is 59.1 cm³/mol. The van der Waals surface area contributed by atoms with Crippen molar-refractivity contribution in [2.75, 3.05) is 0 Å². The van der Waals surface area contributed by atoms with E-state index in [2.05, 4.69) is 15.0 Å². The number of hydrogen-bond acceptors (Lipinski definition) is 5. The smallest absolute Gasteiger partial charge is 0.254 e. The Morgan fingerprint density at radius 2 is 2.06 bits per heavy atom. The fourth-order valence-electron chi connectivity index (χ4n) is 1.25. The van der Waals surface area contributed by atoms with E-state index in [0.29, 0.717) is 5.82 Å². The van der Waals surface area contributed by atoms with Crippen molar-refractivity contribution >= 4 is 5.91 Å². The standard InChI is InChI=1S/C11H9FN4O2/c12-8-3-2-7(10(13)17)11(16-8)18-6-9-14-4-1-5-15-9/h1-5H,6H2,(H2,13,17). The quantitative estimate of drug-likeness (QED) is 0.804. The summed E-state index contributed by atoms with van der Waals surface area (Å²) in [6, 6.07) is 3.90. The number of aromatic nitrogens is 3. The van der Waals surface area contributed by atoms with Crippen LogP contribution in [0.1, 0.15) is 16.2 Å². The number of amides is 1. The van der Waals surface area contributed by atoms with Crippen LogP contribution in [0, 0.1) is 5.95 Å². The first-order valence-corrected chi connectivity index (χ1v) is 5.02. The molecule has 0 aliphatic heterocycles. The van der Waals surface area contributed by atoms with E-state index in [9.17, 15) is 9.18 Å². The van der Waals surface area contributed by atoms with Crippen LogP contribution in [0.3, 0.4) is 0 Å². The van der Waals surface area contributed by atoms with Gasteiger partial charge in [-0.2, -0.15) is 9.37 Å². The number of ether oxygens (including phenoxy) is 1. The maximum Gasteiger partial charge on any atom is 0.254 e. The number of carbonyl (C=O) groups is 1. The average Bonchev–Trinajstić information content (AvgIpc) is 2.37. The first-order valence-electron chi connectivity index (χ1n) is 5.02. The molecule has 6 nitrogen and oxygen atoms in total. The van der Waals surface area contributed by atoms with Crippen molar-refractivity contribution in [1.82, 2.24) is 15.0 Å². The van der Waals surface area contributed by atoms with Gasteiger partial charge in [-0.25, -0.2) is 9.97 Å². The van der Waals surface area contributed by atoms with Gasteiger partial charge >= 0.3 is 0 Å². The van der Waals surface area contributed by atoms with Crippen molar-refractivity contribution in [3.05, 3.63) is 47.9 Å². The van der Waals surface area contributed by atoms with Gasteiger partial charge in [0.15, 0.2) is 5.82 Å². The lowest BCUT2D eigenvalue weighted by atomic mass is 10.2. The van der Waals surface area contributed by atoms with Gasteiger partial charge in [-0.3, -0.25) is 4.79 Å². The lowest BCUT2D eigenvalue weighted by Gasteiger charge is -2.07. The van der Waals surface area contributed by atoms with Gasteiger partial charge in [-0.1, -0.05) is 0 Å². The highest BCUT2D eigenvalue weighted by Gasteiger charge is 2.12. The predicted octanol–water partition coefficient (Wildman–Crippen LogP) is 0.689. The van der Waals surface area contributed by atoms with E-state index in [4.69, 9.17) is 10.5 Å². The molecule has 2 aromatic rings. The fourth-order valence-corrected chi connectivity index (χ4v) is 1.25. The Morgan fingerprint density at radius 3 is 2.72 bits per heavy atom. The molecular weight excluding hydrogens is 239 g/mol. The van der Waals surface area contributed by atoms with E-state index in [1.54, 1.807) is 18.5 Å². The summed E-state index contributed by atoms with van der Waals surface area (Å²) in [5.74, 6) is -1.29. The Bertz CT molecular complexity index is 562. The molecule has 2 aromatic heterocycles. The SMILES string of the molecule is NC(=O)c1ccc(F)nc1OCc1ncccn1. The van der Waals surface area contributed by atoms with E-state index < -0.39 is 11.9 Å². The lowest BCUT2D eigenvalue weighted by molar-refractivity contribution is 0.0994. The maximum atomic E-state index is 13.0. The van der Waals surface area contributed by atoms with Gasteiger partial charge in [-0.05, 0) is 18.2 Å². The Labute approximate surface area is 102 Å². The third-order valence-electron chi connectivity index (χ3n) is 2.05. The van der Waals surface area contributed by atoms with Gasteiger partial charge in [0.05, 0.1) is 0 Å².